The highest BCUT2D eigenvalue weighted by atomic mass is 127. The van der Waals surface area contributed by atoms with Gasteiger partial charge in [-0.3, -0.25) is 4.79 Å². The number of nitrogens with one attached hydrogen (secondary N) is 2. The van der Waals surface area contributed by atoms with E-state index in [0.29, 0.717) is 23.8 Å². The quantitative estimate of drug-likeness (QED) is 0.329. The Morgan fingerprint density at radius 3 is 2.61 bits per heavy atom. The number of carbonyl (C=O) groups is 1. The number of methoxy groups -OCH3 is 1. The normalized spacial score (nSPS) is 19.4. The average Bonchev–Trinajstić information content (AvgIpc) is 2.70. The molecule has 28 heavy (non-hydrogen) atoms. The molecule has 1 amide bonds. The highest BCUT2D eigenvalue weighted by Crippen LogP contribution is 2.26. The molecule has 2 rings (SSSR count). The first-order valence-corrected chi connectivity index (χ1v) is 10.7. The number of hydrogen-bond acceptors (Lipinski definition) is 4. The molecule has 1 fully saturated rings. The largest absolute Gasteiger partial charge is 0.497 e. The maximum atomic E-state index is 11.9. The van der Waals surface area contributed by atoms with E-state index in [4.69, 9.17) is 9.73 Å². The van der Waals surface area contributed by atoms with E-state index in [1.165, 1.54) is 12.8 Å². The Kier molecular flexibility index (Phi) is 11.7. The zero-order valence-electron chi connectivity index (χ0n) is 17.2. The van der Waals surface area contributed by atoms with Crippen molar-refractivity contribution < 1.29 is 9.53 Å². The molecule has 0 heterocycles. The molecule has 1 aliphatic carbocycles. The molecule has 2 N–H and O–H groups in total. The number of rotatable bonds is 7. The molecule has 0 saturated heterocycles. The number of hydrogen-bond donors (Lipinski definition) is 2. The van der Waals surface area contributed by atoms with Gasteiger partial charge in [0.05, 0.1) is 20.2 Å². The summed E-state index contributed by atoms with van der Waals surface area (Å²) < 4.78 is 5.20. The van der Waals surface area contributed by atoms with Crippen LogP contribution in [0.15, 0.2) is 29.3 Å². The van der Waals surface area contributed by atoms with E-state index in [2.05, 4.69) is 16.9 Å². The second-order valence-electron chi connectivity index (χ2n) is 7.02. The first-order chi connectivity index (χ1) is 13.0. The summed E-state index contributed by atoms with van der Waals surface area (Å²) in [5, 5.41) is 7.42. The zero-order chi connectivity index (χ0) is 19.6. The third-order valence-corrected chi connectivity index (χ3v) is 5.88. The molecule has 1 aliphatic rings. The minimum Gasteiger partial charge on any atom is -0.497 e. The zero-order valence-corrected chi connectivity index (χ0v) is 20.4. The summed E-state index contributed by atoms with van der Waals surface area (Å²) in [6.07, 6.45) is 6.96. The number of nitrogens with zero attached hydrogens (tertiary/aromatic N) is 2. The van der Waals surface area contributed by atoms with Gasteiger partial charge < -0.3 is 20.3 Å². The minimum atomic E-state index is 0. The molecule has 158 valence electrons. The maximum Gasteiger partial charge on any atom is 0.241 e. The summed E-state index contributed by atoms with van der Waals surface area (Å²) in [6.45, 7) is 0.786. The van der Waals surface area contributed by atoms with Gasteiger partial charge in [0, 0.05) is 25.4 Å². The molecule has 0 aromatic heterocycles. The second-order valence-corrected chi connectivity index (χ2v) is 8.16. The monoisotopic (exact) mass is 520 g/mol. The summed E-state index contributed by atoms with van der Waals surface area (Å²) in [5.74, 6) is 1.56. The first kappa shape index (κ1) is 24.9. The summed E-state index contributed by atoms with van der Waals surface area (Å²) in [5.41, 5.74) is 1.10. The lowest BCUT2D eigenvalue weighted by Gasteiger charge is -2.30. The highest BCUT2D eigenvalue weighted by Gasteiger charge is 2.22. The molecule has 0 spiro atoms. The van der Waals surface area contributed by atoms with Crippen LogP contribution in [-0.2, 0) is 11.3 Å². The lowest BCUT2D eigenvalue weighted by Crippen LogP contribution is -2.48. The van der Waals surface area contributed by atoms with E-state index < -0.39 is 0 Å². The predicted octanol–water partition coefficient (Wildman–Crippen LogP) is 3.11. The Hall–Kier alpha value is -1.16. The number of guanidine groups is 1. The maximum absolute atomic E-state index is 11.9. The van der Waals surface area contributed by atoms with Gasteiger partial charge in [-0.05, 0) is 43.2 Å². The Balaban J connectivity index is 0.00000392. The molecule has 6 nitrogen and oxygen atoms in total. The fourth-order valence-electron chi connectivity index (χ4n) is 3.05. The number of ether oxygens (including phenoxy) is 1. The van der Waals surface area contributed by atoms with Gasteiger partial charge in [-0.1, -0.05) is 18.6 Å². The van der Waals surface area contributed by atoms with Crippen molar-refractivity contribution in [2.75, 3.05) is 34.0 Å². The fourth-order valence-corrected chi connectivity index (χ4v) is 3.88. The van der Waals surface area contributed by atoms with E-state index in [1.807, 2.05) is 36.0 Å². The molecular weight excluding hydrogens is 487 g/mol. The van der Waals surface area contributed by atoms with Crippen LogP contribution in [0.1, 0.15) is 31.2 Å². The predicted molar refractivity (Wildman–Crippen MR) is 129 cm³/mol. The molecular formula is C20H33IN4O2S. The van der Waals surface area contributed by atoms with Gasteiger partial charge in [0.15, 0.2) is 5.96 Å². The van der Waals surface area contributed by atoms with E-state index >= 15 is 0 Å². The molecule has 2 atom stereocenters. The van der Waals surface area contributed by atoms with Gasteiger partial charge in [-0.2, -0.15) is 11.8 Å². The summed E-state index contributed by atoms with van der Waals surface area (Å²) in [6, 6.07) is 8.29. The fraction of sp³-hybridized carbons (Fsp3) is 0.600. The standard InChI is InChI=1S/C20H32N4O2S.HI/c1-24(2)19(25)14-22-20(23-16-6-5-7-18(12-16)27-4)21-13-15-8-10-17(26-3)11-9-15;/h8-11,16,18H,5-7,12-14H2,1-4H3,(H2,21,22,23);1H. The van der Waals surface area contributed by atoms with Crippen molar-refractivity contribution in [3.8, 4) is 5.75 Å². The molecule has 0 bridgehead atoms. The number of halogens is 1. The van der Waals surface area contributed by atoms with E-state index in [9.17, 15) is 4.79 Å². The van der Waals surface area contributed by atoms with Crippen LogP contribution in [0.25, 0.3) is 0 Å². The SMILES string of the molecule is COc1ccc(CN=C(NCC(=O)N(C)C)NC2CCCC(SC)C2)cc1.I. The van der Waals surface area contributed by atoms with Crippen LogP contribution in [0.3, 0.4) is 0 Å². The number of carbonyl (C=O) groups excluding carboxylic acids is 1. The van der Waals surface area contributed by atoms with E-state index in [-0.39, 0.29) is 36.4 Å². The molecule has 1 aromatic carbocycles. The van der Waals surface area contributed by atoms with Gasteiger partial charge in [-0.25, -0.2) is 4.99 Å². The van der Waals surface area contributed by atoms with Crippen molar-refractivity contribution in [1.29, 1.82) is 0 Å². The lowest BCUT2D eigenvalue weighted by molar-refractivity contribution is -0.127. The molecule has 0 aliphatic heterocycles. The number of likely N-dealkylation sites (N-methyl/N-ethyl adjacent to an activating group) is 1. The Morgan fingerprint density at radius 2 is 2.00 bits per heavy atom. The Labute approximate surface area is 190 Å². The third kappa shape index (κ3) is 8.46. The smallest absolute Gasteiger partial charge is 0.241 e. The molecule has 8 heteroatoms. The van der Waals surface area contributed by atoms with Crippen molar-refractivity contribution in [2.24, 2.45) is 4.99 Å². The van der Waals surface area contributed by atoms with Crippen LogP contribution >= 0.6 is 35.7 Å². The lowest BCUT2D eigenvalue weighted by atomic mass is 9.95. The first-order valence-electron chi connectivity index (χ1n) is 9.42. The topological polar surface area (TPSA) is 66.0 Å². The van der Waals surface area contributed by atoms with Gasteiger partial charge in [0.2, 0.25) is 5.91 Å². The molecule has 1 aromatic rings. The minimum absolute atomic E-state index is 0. The van der Waals surface area contributed by atoms with Gasteiger partial charge in [0.25, 0.3) is 0 Å². The van der Waals surface area contributed by atoms with Crippen molar-refractivity contribution in [3.05, 3.63) is 29.8 Å². The van der Waals surface area contributed by atoms with E-state index in [0.717, 1.165) is 24.2 Å². The van der Waals surface area contributed by atoms with Gasteiger partial charge in [0.1, 0.15) is 5.75 Å². The van der Waals surface area contributed by atoms with Gasteiger partial charge >= 0.3 is 0 Å². The highest BCUT2D eigenvalue weighted by molar-refractivity contribution is 14.0. The van der Waals surface area contributed by atoms with E-state index in [1.54, 1.807) is 26.1 Å². The Bertz CT molecular complexity index is 625. The number of amides is 1. The van der Waals surface area contributed by atoms with Gasteiger partial charge in [-0.15, -0.1) is 24.0 Å². The van der Waals surface area contributed by atoms with Crippen molar-refractivity contribution >= 4 is 47.6 Å². The number of aliphatic imine (C=N–C) groups is 1. The van der Waals surface area contributed by atoms with Crippen LogP contribution in [-0.4, -0.2) is 62.1 Å². The summed E-state index contributed by atoms with van der Waals surface area (Å²) in [4.78, 5) is 18.2. The average molecular weight is 520 g/mol. The van der Waals surface area contributed by atoms with Crippen LogP contribution in [0.2, 0.25) is 0 Å². The van der Waals surface area contributed by atoms with Crippen molar-refractivity contribution in [2.45, 2.75) is 43.5 Å². The van der Waals surface area contributed by atoms with Crippen LogP contribution < -0.4 is 15.4 Å². The summed E-state index contributed by atoms with van der Waals surface area (Å²) >= 11 is 1.94. The van der Waals surface area contributed by atoms with Crippen LogP contribution in [0.4, 0.5) is 0 Å². The molecule has 2 unspecified atom stereocenters. The molecule has 1 saturated carbocycles. The van der Waals surface area contributed by atoms with Crippen molar-refractivity contribution in [1.82, 2.24) is 15.5 Å². The number of benzene rings is 1. The third-order valence-electron chi connectivity index (χ3n) is 4.78. The number of thioether (sulfide) groups is 1. The van der Waals surface area contributed by atoms with Crippen molar-refractivity contribution in [3.63, 3.8) is 0 Å². The molecule has 0 radical (unpaired) electrons. The summed E-state index contributed by atoms with van der Waals surface area (Å²) in [7, 11) is 5.18. The second kappa shape index (κ2) is 13.1. The van der Waals surface area contributed by atoms with Crippen LogP contribution in [0.5, 0.6) is 5.75 Å². The Morgan fingerprint density at radius 1 is 1.29 bits per heavy atom. The van der Waals surface area contributed by atoms with Crippen LogP contribution in [0, 0.1) is 0 Å².